The van der Waals surface area contributed by atoms with Crippen LogP contribution in [0.3, 0.4) is 0 Å². The zero-order chi connectivity index (χ0) is 14.8. The lowest BCUT2D eigenvalue weighted by Crippen LogP contribution is -2.41. The molecule has 1 N–H and O–H groups in total. The van der Waals surface area contributed by atoms with Crippen LogP contribution in [0.15, 0.2) is 42.6 Å². The van der Waals surface area contributed by atoms with E-state index in [1.807, 2.05) is 32.0 Å². The summed E-state index contributed by atoms with van der Waals surface area (Å²) >= 11 is 0. The number of pyridine rings is 1. The van der Waals surface area contributed by atoms with Crippen molar-refractivity contribution in [2.45, 2.75) is 26.3 Å². The number of hydrogen-bond donors (Lipinski definition) is 1. The molecule has 0 saturated carbocycles. The highest BCUT2D eigenvalue weighted by atomic mass is 19.1. The average Bonchev–Trinajstić information content (AvgIpc) is 2.42. The fourth-order valence-corrected chi connectivity index (χ4v) is 2.00. The fourth-order valence-electron chi connectivity index (χ4n) is 2.00. The van der Waals surface area contributed by atoms with E-state index in [-0.39, 0.29) is 11.7 Å². The van der Waals surface area contributed by atoms with Gasteiger partial charge in [-0.05, 0) is 50.6 Å². The molecule has 0 radical (unpaired) electrons. The summed E-state index contributed by atoms with van der Waals surface area (Å²) < 4.78 is 13.5. The van der Waals surface area contributed by atoms with Gasteiger partial charge in [0.1, 0.15) is 5.82 Å². The van der Waals surface area contributed by atoms with E-state index < -0.39 is 5.54 Å². The molecule has 0 saturated heterocycles. The summed E-state index contributed by atoms with van der Waals surface area (Å²) in [6, 6.07) is 10.0. The molecule has 0 bridgehead atoms. The average molecular weight is 272 g/mol. The fraction of sp³-hybridized carbons (Fsp3) is 0.250. The second-order valence-electron chi connectivity index (χ2n) is 5.21. The third-order valence-electron chi connectivity index (χ3n) is 3.24. The number of amides is 1. The molecule has 0 aliphatic heterocycles. The Balaban J connectivity index is 2.25. The van der Waals surface area contributed by atoms with Gasteiger partial charge in [-0.3, -0.25) is 9.78 Å². The highest BCUT2D eigenvalue weighted by Gasteiger charge is 2.25. The van der Waals surface area contributed by atoms with Gasteiger partial charge in [-0.15, -0.1) is 0 Å². The first kappa shape index (κ1) is 14.2. The number of aromatic nitrogens is 1. The van der Waals surface area contributed by atoms with Crippen LogP contribution in [0.1, 0.15) is 35.5 Å². The lowest BCUT2D eigenvalue weighted by Gasteiger charge is -2.26. The quantitative estimate of drug-likeness (QED) is 0.932. The first-order chi connectivity index (χ1) is 9.42. The number of rotatable bonds is 3. The van der Waals surface area contributed by atoms with Gasteiger partial charge in [-0.25, -0.2) is 4.39 Å². The van der Waals surface area contributed by atoms with Crippen LogP contribution in [-0.2, 0) is 5.54 Å². The van der Waals surface area contributed by atoms with E-state index >= 15 is 0 Å². The molecule has 2 aromatic rings. The summed E-state index contributed by atoms with van der Waals surface area (Å²) in [5, 5.41) is 2.89. The highest BCUT2D eigenvalue weighted by molar-refractivity contribution is 5.96. The molecule has 3 nitrogen and oxygen atoms in total. The van der Waals surface area contributed by atoms with Crippen molar-refractivity contribution in [1.82, 2.24) is 10.3 Å². The van der Waals surface area contributed by atoms with Gasteiger partial charge in [0.15, 0.2) is 0 Å². The molecule has 1 amide bonds. The molecule has 1 aromatic carbocycles. The molecule has 0 unspecified atom stereocenters. The molecule has 4 heteroatoms. The second kappa shape index (κ2) is 5.41. The van der Waals surface area contributed by atoms with E-state index in [1.165, 1.54) is 12.1 Å². The van der Waals surface area contributed by atoms with Crippen LogP contribution < -0.4 is 5.32 Å². The van der Waals surface area contributed by atoms with Crippen LogP contribution >= 0.6 is 0 Å². The lowest BCUT2D eigenvalue weighted by atomic mass is 9.98. The van der Waals surface area contributed by atoms with E-state index in [0.29, 0.717) is 11.1 Å². The van der Waals surface area contributed by atoms with Crippen LogP contribution in [0.2, 0.25) is 0 Å². The number of hydrogen-bond acceptors (Lipinski definition) is 2. The van der Waals surface area contributed by atoms with Crippen LogP contribution in [0, 0.1) is 12.7 Å². The normalized spacial score (nSPS) is 11.2. The van der Waals surface area contributed by atoms with Crippen molar-refractivity contribution in [3.63, 3.8) is 0 Å². The standard InChI is InChI=1S/C16H17FN2O/c1-11-12(7-6-8-13(11)17)15(20)19-16(2,3)14-9-4-5-10-18-14/h4-10H,1-3H3,(H,19,20). The van der Waals surface area contributed by atoms with Gasteiger partial charge < -0.3 is 5.32 Å². The first-order valence-electron chi connectivity index (χ1n) is 6.41. The van der Waals surface area contributed by atoms with Gasteiger partial charge in [-0.2, -0.15) is 0 Å². The predicted molar refractivity (Wildman–Crippen MR) is 75.9 cm³/mol. The van der Waals surface area contributed by atoms with Crippen LogP contribution in [0.4, 0.5) is 4.39 Å². The summed E-state index contributed by atoms with van der Waals surface area (Å²) in [6.45, 7) is 5.32. The minimum atomic E-state index is -0.628. The molecule has 0 atom stereocenters. The Hall–Kier alpha value is -2.23. The molecule has 0 aliphatic carbocycles. The Kier molecular flexibility index (Phi) is 3.84. The summed E-state index contributed by atoms with van der Waals surface area (Å²) in [5.74, 6) is -0.689. The van der Waals surface area contributed by atoms with Crippen LogP contribution in [0.5, 0.6) is 0 Å². The number of nitrogens with zero attached hydrogens (tertiary/aromatic N) is 1. The summed E-state index contributed by atoms with van der Waals surface area (Å²) in [4.78, 5) is 16.5. The van der Waals surface area contributed by atoms with Gasteiger partial charge in [0, 0.05) is 11.8 Å². The van der Waals surface area contributed by atoms with E-state index in [0.717, 1.165) is 5.69 Å². The van der Waals surface area contributed by atoms with Crippen LogP contribution in [-0.4, -0.2) is 10.9 Å². The van der Waals surface area contributed by atoms with Crippen LogP contribution in [0.25, 0.3) is 0 Å². The molecule has 104 valence electrons. The molecule has 0 fully saturated rings. The number of halogens is 1. The smallest absolute Gasteiger partial charge is 0.252 e. The molecule has 0 aliphatic rings. The zero-order valence-electron chi connectivity index (χ0n) is 11.8. The van der Waals surface area contributed by atoms with Crippen molar-refractivity contribution in [3.8, 4) is 0 Å². The van der Waals surface area contributed by atoms with Crippen molar-refractivity contribution < 1.29 is 9.18 Å². The Morgan fingerprint density at radius 1 is 1.20 bits per heavy atom. The SMILES string of the molecule is Cc1c(F)cccc1C(=O)NC(C)(C)c1ccccn1. The van der Waals surface area contributed by atoms with Crippen molar-refractivity contribution >= 4 is 5.91 Å². The van der Waals surface area contributed by atoms with Gasteiger partial charge in [-0.1, -0.05) is 12.1 Å². The first-order valence-corrected chi connectivity index (χ1v) is 6.41. The minimum absolute atomic E-state index is 0.308. The molecular formula is C16H17FN2O. The number of carbonyl (C=O) groups is 1. The Morgan fingerprint density at radius 3 is 2.60 bits per heavy atom. The molecule has 20 heavy (non-hydrogen) atoms. The molecule has 0 spiro atoms. The zero-order valence-corrected chi connectivity index (χ0v) is 11.8. The van der Waals surface area contributed by atoms with Gasteiger partial charge in [0.2, 0.25) is 0 Å². The Morgan fingerprint density at radius 2 is 1.95 bits per heavy atom. The van der Waals surface area contributed by atoms with E-state index in [4.69, 9.17) is 0 Å². The summed E-state index contributed by atoms with van der Waals surface area (Å²) in [6.07, 6.45) is 1.68. The molecule has 1 heterocycles. The number of nitrogens with one attached hydrogen (secondary N) is 1. The van der Waals surface area contributed by atoms with E-state index in [1.54, 1.807) is 19.2 Å². The highest BCUT2D eigenvalue weighted by Crippen LogP contribution is 2.19. The topological polar surface area (TPSA) is 42.0 Å². The van der Waals surface area contributed by atoms with Gasteiger partial charge in [0.25, 0.3) is 5.91 Å². The number of carbonyl (C=O) groups excluding carboxylic acids is 1. The lowest BCUT2D eigenvalue weighted by molar-refractivity contribution is 0.0909. The Bertz CT molecular complexity index is 624. The minimum Gasteiger partial charge on any atom is -0.342 e. The van der Waals surface area contributed by atoms with Crippen molar-refractivity contribution in [2.24, 2.45) is 0 Å². The maximum Gasteiger partial charge on any atom is 0.252 e. The maximum absolute atomic E-state index is 13.5. The van der Waals surface area contributed by atoms with Gasteiger partial charge in [0.05, 0.1) is 11.2 Å². The van der Waals surface area contributed by atoms with Crippen molar-refractivity contribution in [3.05, 3.63) is 65.2 Å². The molecule has 1 aromatic heterocycles. The van der Waals surface area contributed by atoms with Crippen molar-refractivity contribution in [1.29, 1.82) is 0 Å². The second-order valence-corrected chi connectivity index (χ2v) is 5.21. The number of benzene rings is 1. The third kappa shape index (κ3) is 2.85. The maximum atomic E-state index is 13.5. The third-order valence-corrected chi connectivity index (χ3v) is 3.24. The van der Waals surface area contributed by atoms with Gasteiger partial charge >= 0.3 is 0 Å². The van der Waals surface area contributed by atoms with E-state index in [9.17, 15) is 9.18 Å². The molecule has 2 rings (SSSR count). The summed E-state index contributed by atoms with van der Waals surface area (Å²) in [7, 11) is 0. The van der Waals surface area contributed by atoms with Crippen molar-refractivity contribution in [2.75, 3.05) is 0 Å². The summed E-state index contributed by atoms with van der Waals surface area (Å²) in [5.41, 5.74) is 0.815. The largest absolute Gasteiger partial charge is 0.342 e. The predicted octanol–water partition coefficient (Wildman–Crippen LogP) is 3.19. The van der Waals surface area contributed by atoms with E-state index in [2.05, 4.69) is 10.3 Å². The monoisotopic (exact) mass is 272 g/mol. The Labute approximate surface area is 117 Å². The molecular weight excluding hydrogens is 255 g/mol.